The molecule has 2 heterocycles. The summed E-state index contributed by atoms with van der Waals surface area (Å²) in [5, 5.41) is 20.0. The Kier molecular flexibility index (Phi) is 6.58. The Balaban J connectivity index is 1.45. The van der Waals surface area contributed by atoms with E-state index in [0.717, 1.165) is 5.56 Å². The third-order valence-electron chi connectivity index (χ3n) is 5.96. The highest BCUT2D eigenvalue weighted by atomic mass is 16.6. The summed E-state index contributed by atoms with van der Waals surface area (Å²) < 4.78 is 10.7. The average Bonchev–Trinajstić information content (AvgIpc) is 2.88. The highest BCUT2D eigenvalue weighted by Gasteiger charge is 2.26. The van der Waals surface area contributed by atoms with Crippen LogP contribution >= 0.6 is 0 Å². The number of nitrogens with zero attached hydrogens (tertiary/aromatic N) is 5. The fourth-order valence-corrected chi connectivity index (χ4v) is 4.01. The van der Waals surface area contributed by atoms with Gasteiger partial charge in [-0.1, -0.05) is 6.07 Å². The number of nitro benzene ring substituents is 1. The molecule has 1 aromatic heterocycles. The Bertz CT molecular complexity index is 1210. The summed E-state index contributed by atoms with van der Waals surface area (Å²) >= 11 is 0. The number of benzene rings is 2. The molecule has 0 spiro atoms. The molecule has 176 valence electrons. The van der Waals surface area contributed by atoms with Gasteiger partial charge in [0.1, 0.15) is 11.5 Å². The highest BCUT2D eigenvalue weighted by Crippen LogP contribution is 2.32. The standard InChI is InChI=1S/C24H25N5O5/c1-16-18(5-4-6-21(16)29(31)32)24(30)28-13-11-27(12-14-28)23-10-8-20(25-26-23)19-15-17(33-2)7-9-22(19)34-3/h4-10,15H,11-14H2,1-3H3. The van der Waals surface area contributed by atoms with Crippen molar-refractivity contribution in [3.05, 3.63) is 69.8 Å². The smallest absolute Gasteiger partial charge is 0.273 e. The third kappa shape index (κ3) is 4.47. The predicted octanol–water partition coefficient (Wildman–Crippen LogP) is 3.34. The summed E-state index contributed by atoms with van der Waals surface area (Å²) in [5.74, 6) is 1.88. The lowest BCUT2D eigenvalue weighted by Gasteiger charge is -2.35. The summed E-state index contributed by atoms with van der Waals surface area (Å²) in [6.07, 6.45) is 0. The normalized spacial score (nSPS) is 13.5. The lowest BCUT2D eigenvalue weighted by molar-refractivity contribution is -0.385. The zero-order chi connectivity index (χ0) is 24.2. The Morgan fingerprint density at radius 1 is 1.00 bits per heavy atom. The Labute approximate surface area is 196 Å². The van der Waals surface area contributed by atoms with Crippen molar-refractivity contribution in [3.8, 4) is 22.8 Å². The van der Waals surface area contributed by atoms with E-state index < -0.39 is 4.92 Å². The maximum absolute atomic E-state index is 13.0. The van der Waals surface area contributed by atoms with Gasteiger partial charge in [-0.25, -0.2) is 0 Å². The first-order valence-corrected chi connectivity index (χ1v) is 10.8. The molecule has 10 heteroatoms. The molecule has 1 saturated heterocycles. The van der Waals surface area contributed by atoms with Crippen LogP contribution in [0.15, 0.2) is 48.5 Å². The maximum atomic E-state index is 13.0. The maximum Gasteiger partial charge on any atom is 0.273 e. The van der Waals surface area contributed by atoms with Gasteiger partial charge in [0.25, 0.3) is 11.6 Å². The molecule has 1 aliphatic heterocycles. The van der Waals surface area contributed by atoms with E-state index in [1.165, 1.54) is 6.07 Å². The van der Waals surface area contributed by atoms with Crippen molar-refractivity contribution in [2.45, 2.75) is 6.92 Å². The van der Waals surface area contributed by atoms with E-state index in [-0.39, 0.29) is 11.6 Å². The van der Waals surface area contributed by atoms with E-state index in [2.05, 4.69) is 15.1 Å². The largest absolute Gasteiger partial charge is 0.497 e. The summed E-state index contributed by atoms with van der Waals surface area (Å²) in [4.78, 5) is 27.5. The van der Waals surface area contributed by atoms with E-state index in [9.17, 15) is 14.9 Å². The number of hydrogen-bond acceptors (Lipinski definition) is 8. The fourth-order valence-electron chi connectivity index (χ4n) is 4.01. The summed E-state index contributed by atoms with van der Waals surface area (Å²) in [5.41, 5.74) is 2.14. The van der Waals surface area contributed by atoms with Crippen LogP contribution < -0.4 is 14.4 Å². The van der Waals surface area contributed by atoms with Crippen molar-refractivity contribution in [2.75, 3.05) is 45.3 Å². The lowest BCUT2D eigenvalue weighted by Crippen LogP contribution is -2.49. The minimum Gasteiger partial charge on any atom is -0.497 e. The van der Waals surface area contributed by atoms with Crippen LogP contribution in [0.3, 0.4) is 0 Å². The number of ether oxygens (including phenoxy) is 2. The number of carbonyl (C=O) groups excluding carboxylic acids is 1. The first-order chi connectivity index (χ1) is 16.4. The topological polar surface area (TPSA) is 111 Å². The van der Waals surface area contributed by atoms with Gasteiger partial charge in [-0.2, -0.15) is 0 Å². The fraction of sp³-hybridized carbons (Fsp3) is 0.292. The van der Waals surface area contributed by atoms with E-state index >= 15 is 0 Å². The minimum atomic E-state index is -0.465. The van der Waals surface area contributed by atoms with Crippen LogP contribution in [0.25, 0.3) is 11.3 Å². The molecule has 4 rings (SSSR count). The van der Waals surface area contributed by atoms with E-state index in [4.69, 9.17) is 9.47 Å². The molecule has 0 bridgehead atoms. The van der Waals surface area contributed by atoms with Gasteiger partial charge in [-0.3, -0.25) is 14.9 Å². The molecule has 34 heavy (non-hydrogen) atoms. The number of piperazine rings is 1. The van der Waals surface area contributed by atoms with Gasteiger partial charge in [-0.05, 0) is 43.3 Å². The van der Waals surface area contributed by atoms with Crippen molar-refractivity contribution < 1.29 is 19.2 Å². The first kappa shape index (κ1) is 23.0. The molecule has 0 atom stereocenters. The SMILES string of the molecule is COc1ccc(OC)c(-c2ccc(N3CCN(C(=O)c4cccc([N+](=O)[O-])c4C)CC3)nn2)c1. The van der Waals surface area contributed by atoms with Crippen LogP contribution in [0.2, 0.25) is 0 Å². The molecule has 3 aromatic rings. The quantitative estimate of drug-likeness (QED) is 0.404. The molecule has 0 unspecified atom stereocenters. The third-order valence-corrected chi connectivity index (χ3v) is 5.96. The van der Waals surface area contributed by atoms with Crippen molar-refractivity contribution >= 4 is 17.4 Å². The highest BCUT2D eigenvalue weighted by molar-refractivity contribution is 5.96. The lowest BCUT2D eigenvalue weighted by atomic mass is 10.1. The molecule has 0 radical (unpaired) electrons. The zero-order valence-corrected chi connectivity index (χ0v) is 19.2. The van der Waals surface area contributed by atoms with E-state index in [1.54, 1.807) is 38.2 Å². The molecular formula is C24H25N5O5. The number of nitro groups is 1. The molecule has 2 aromatic carbocycles. The second kappa shape index (κ2) is 9.74. The van der Waals surface area contributed by atoms with Crippen molar-refractivity contribution in [1.29, 1.82) is 0 Å². The molecule has 1 fully saturated rings. The summed E-state index contributed by atoms with van der Waals surface area (Å²) in [6.45, 7) is 3.73. The van der Waals surface area contributed by atoms with Crippen LogP contribution in [-0.2, 0) is 0 Å². The van der Waals surface area contributed by atoms with Crippen LogP contribution in [0.5, 0.6) is 11.5 Å². The second-order valence-electron chi connectivity index (χ2n) is 7.83. The van der Waals surface area contributed by atoms with E-state index in [0.29, 0.717) is 60.3 Å². The summed E-state index contributed by atoms with van der Waals surface area (Å²) in [7, 11) is 3.20. The van der Waals surface area contributed by atoms with Crippen LogP contribution in [0, 0.1) is 17.0 Å². The van der Waals surface area contributed by atoms with E-state index in [1.807, 2.05) is 30.3 Å². The molecule has 1 amide bonds. The number of hydrogen-bond donors (Lipinski definition) is 0. The van der Waals surface area contributed by atoms with Gasteiger partial charge in [0.2, 0.25) is 0 Å². The second-order valence-corrected chi connectivity index (χ2v) is 7.83. The first-order valence-electron chi connectivity index (χ1n) is 10.8. The van der Waals surface area contributed by atoms with Gasteiger partial charge < -0.3 is 19.3 Å². The minimum absolute atomic E-state index is 0.0486. The van der Waals surface area contributed by atoms with Crippen LogP contribution in [0.4, 0.5) is 11.5 Å². The van der Waals surface area contributed by atoms with Gasteiger partial charge in [0.05, 0.1) is 24.8 Å². The number of aromatic nitrogens is 2. The van der Waals surface area contributed by atoms with Gasteiger partial charge in [0, 0.05) is 48.9 Å². The molecule has 0 N–H and O–H groups in total. The van der Waals surface area contributed by atoms with Crippen LogP contribution in [-0.4, -0.2) is 66.3 Å². The number of rotatable bonds is 6. The van der Waals surface area contributed by atoms with Gasteiger partial charge >= 0.3 is 0 Å². The molecule has 0 saturated carbocycles. The molecular weight excluding hydrogens is 438 g/mol. The van der Waals surface area contributed by atoms with Crippen molar-refractivity contribution in [1.82, 2.24) is 15.1 Å². The summed E-state index contributed by atoms with van der Waals surface area (Å²) in [6, 6.07) is 13.9. The van der Waals surface area contributed by atoms with Crippen molar-refractivity contribution in [2.24, 2.45) is 0 Å². The Morgan fingerprint density at radius 2 is 1.76 bits per heavy atom. The monoisotopic (exact) mass is 463 g/mol. The van der Waals surface area contributed by atoms with Crippen LogP contribution in [0.1, 0.15) is 15.9 Å². The Hall–Kier alpha value is -4.21. The predicted molar refractivity (Wildman–Crippen MR) is 127 cm³/mol. The average molecular weight is 463 g/mol. The number of anilines is 1. The number of carbonyl (C=O) groups is 1. The number of amides is 1. The number of methoxy groups -OCH3 is 2. The Morgan fingerprint density at radius 3 is 2.38 bits per heavy atom. The molecule has 0 aliphatic carbocycles. The van der Waals surface area contributed by atoms with Crippen molar-refractivity contribution in [3.63, 3.8) is 0 Å². The van der Waals surface area contributed by atoms with Gasteiger partial charge in [0.15, 0.2) is 5.82 Å². The molecule has 10 nitrogen and oxygen atoms in total. The molecule has 1 aliphatic rings. The zero-order valence-electron chi connectivity index (χ0n) is 19.2. The van der Waals surface area contributed by atoms with Gasteiger partial charge in [-0.15, -0.1) is 10.2 Å².